The van der Waals surface area contributed by atoms with Gasteiger partial charge < -0.3 is 5.32 Å². The minimum Gasteiger partial charge on any atom is -0.320 e. The minimum absolute atomic E-state index is 0.235. The number of aromatic amines is 1. The van der Waals surface area contributed by atoms with Gasteiger partial charge >= 0.3 is 0 Å². The van der Waals surface area contributed by atoms with Crippen molar-refractivity contribution in [1.82, 2.24) is 10.2 Å². The third-order valence-electron chi connectivity index (χ3n) is 2.94. The number of rotatable bonds is 4. The number of carbonyl (C=O) groups is 1. The van der Waals surface area contributed by atoms with Crippen molar-refractivity contribution in [2.75, 3.05) is 5.32 Å². The van der Waals surface area contributed by atoms with Crippen molar-refractivity contribution in [3.05, 3.63) is 46.2 Å². The first kappa shape index (κ1) is 14.6. The Bertz CT molecular complexity index is 619. The smallest absolute Gasteiger partial charge is 0.276 e. The SMILES string of the molecule is Cc1ccc(Cl)cc1NC(=O)c1cc(CC(C)C)[nH]n1. The summed E-state index contributed by atoms with van der Waals surface area (Å²) in [5, 5.41) is 10.4. The second-order valence-corrected chi connectivity index (χ2v) is 5.73. The summed E-state index contributed by atoms with van der Waals surface area (Å²) in [5.74, 6) is 0.281. The Morgan fingerprint density at radius 2 is 2.15 bits per heavy atom. The summed E-state index contributed by atoms with van der Waals surface area (Å²) < 4.78 is 0. The van der Waals surface area contributed by atoms with E-state index in [-0.39, 0.29) is 5.91 Å². The van der Waals surface area contributed by atoms with E-state index in [1.54, 1.807) is 18.2 Å². The number of carbonyl (C=O) groups excluding carboxylic acids is 1. The van der Waals surface area contributed by atoms with Crippen LogP contribution < -0.4 is 5.32 Å². The van der Waals surface area contributed by atoms with Crippen molar-refractivity contribution in [3.8, 4) is 0 Å². The van der Waals surface area contributed by atoms with Gasteiger partial charge in [-0.1, -0.05) is 31.5 Å². The molecule has 2 rings (SSSR count). The summed E-state index contributed by atoms with van der Waals surface area (Å²) in [7, 11) is 0. The Kier molecular flexibility index (Phi) is 4.45. The van der Waals surface area contributed by atoms with Crippen LogP contribution in [0.15, 0.2) is 24.3 Å². The maximum absolute atomic E-state index is 12.1. The molecule has 0 bridgehead atoms. The fraction of sp³-hybridized carbons (Fsp3) is 0.333. The second kappa shape index (κ2) is 6.09. The summed E-state index contributed by atoms with van der Waals surface area (Å²) in [6, 6.07) is 7.18. The molecule has 0 aliphatic carbocycles. The lowest BCUT2D eigenvalue weighted by molar-refractivity contribution is 0.102. The van der Waals surface area contributed by atoms with Crippen molar-refractivity contribution >= 4 is 23.2 Å². The molecule has 1 heterocycles. The van der Waals surface area contributed by atoms with E-state index in [9.17, 15) is 4.79 Å². The Labute approximate surface area is 123 Å². The molecular formula is C15H18ClN3O. The first-order valence-corrected chi connectivity index (χ1v) is 6.95. The molecule has 20 heavy (non-hydrogen) atoms. The van der Waals surface area contributed by atoms with Gasteiger partial charge in [0, 0.05) is 16.4 Å². The number of nitrogens with one attached hydrogen (secondary N) is 2. The van der Waals surface area contributed by atoms with Gasteiger partial charge in [-0.2, -0.15) is 5.10 Å². The summed E-state index contributed by atoms with van der Waals surface area (Å²) in [5.41, 5.74) is 3.02. The highest BCUT2D eigenvalue weighted by Crippen LogP contribution is 2.20. The number of H-pyrrole nitrogens is 1. The van der Waals surface area contributed by atoms with Crippen LogP contribution in [0.25, 0.3) is 0 Å². The lowest BCUT2D eigenvalue weighted by Gasteiger charge is -2.07. The molecule has 2 N–H and O–H groups in total. The molecule has 0 aliphatic heterocycles. The van der Waals surface area contributed by atoms with Crippen LogP contribution >= 0.6 is 11.6 Å². The van der Waals surface area contributed by atoms with Crippen LogP contribution in [0.2, 0.25) is 5.02 Å². The number of hydrogen-bond donors (Lipinski definition) is 2. The number of benzene rings is 1. The van der Waals surface area contributed by atoms with Gasteiger partial charge in [0.2, 0.25) is 0 Å². The molecule has 0 unspecified atom stereocenters. The molecule has 0 saturated heterocycles. The molecule has 0 aliphatic rings. The first-order chi connectivity index (χ1) is 9.45. The van der Waals surface area contributed by atoms with E-state index >= 15 is 0 Å². The fourth-order valence-corrected chi connectivity index (χ4v) is 2.11. The Balaban J connectivity index is 2.11. The zero-order chi connectivity index (χ0) is 14.7. The molecule has 0 atom stereocenters. The van der Waals surface area contributed by atoms with Crippen molar-refractivity contribution in [2.24, 2.45) is 5.92 Å². The largest absolute Gasteiger partial charge is 0.320 e. The predicted molar refractivity (Wildman–Crippen MR) is 81.3 cm³/mol. The first-order valence-electron chi connectivity index (χ1n) is 6.57. The van der Waals surface area contributed by atoms with Crippen molar-refractivity contribution in [2.45, 2.75) is 27.2 Å². The molecule has 0 saturated carbocycles. The van der Waals surface area contributed by atoms with E-state index < -0.39 is 0 Å². The van der Waals surface area contributed by atoms with Crippen LogP contribution in [0.5, 0.6) is 0 Å². The monoisotopic (exact) mass is 291 g/mol. The molecule has 5 heteroatoms. The van der Waals surface area contributed by atoms with Crippen LogP contribution in [-0.2, 0) is 6.42 Å². The van der Waals surface area contributed by atoms with Gasteiger partial charge in [-0.3, -0.25) is 9.89 Å². The molecule has 2 aromatic rings. The van der Waals surface area contributed by atoms with Crippen molar-refractivity contribution in [3.63, 3.8) is 0 Å². The lowest BCUT2D eigenvalue weighted by atomic mass is 10.1. The Morgan fingerprint density at radius 3 is 2.85 bits per heavy atom. The van der Waals surface area contributed by atoms with Gasteiger partial charge in [-0.15, -0.1) is 0 Å². The highest BCUT2D eigenvalue weighted by Gasteiger charge is 2.12. The number of aromatic nitrogens is 2. The molecule has 0 spiro atoms. The highest BCUT2D eigenvalue weighted by atomic mass is 35.5. The molecule has 106 valence electrons. The average Bonchev–Trinajstić information content (AvgIpc) is 2.81. The quantitative estimate of drug-likeness (QED) is 0.899. The Hall–Kier alpha value is -1.81. The van der Waals surface area contributed by atoms with E-state index in [0.717, 1.165) is 17.7 Å². The summed E-state index contributed by atoms with van der Waals surface area (Å²) in [4.78, 5) is 12.1. The lowest BCUT2D eigenvalue weighted by Crippen LogP contribution is -2.13. The maximum Gasteiger partial charge on any atom is 0.276 e. The van der Waals surface area contributed by atoms with Crippen LogP contribution in [0.3, 0.4) is 0 Å². The van der Waals surface area contributed by atoms with Crippen LogP contribution in [-0.4, -0.2) is 16.1 Å². The Morgan fingerprint density at radius 1 is 1.40 bits per heavy atom. The fourth-order valence-electron chi connectivity index (χ4n) is 1.94. The molecular weight excluding hydrogens is 274 g/mol. The maximum atomic E-state index is 12.1. The van der Waals surface area contributed by atoms with Crippen molar-refractivity contribution in [1.29, 1.82) is 0 Å². The average molecular weight is 292 g/mol. The summed E-state index contributed by atoms with van der Waals surface area (Å²) >= 11 is 5.93. The minimum atomic E-state index is -0.235. The third kappa shape index (κ3) is 3.61. The zero-order valence-corrected chi connectivity index (χ0v) is 12.6. The second-order valence-electron chi connectivity index (χ2n) is 5.29. The molecule has 0 fully saturated rings. The third-order valence-corrected chi connectivity index (χ3v) is 3.17. The molecule has 0 radical (unpaired) electrons. The van der Waals surface area contributed by atoms with E-state index in [4.69, 9.17) is 11.6 Å². The molecule has 1 aromatic heterocycles. The van der Waals surface area contributed by atoms with E-state index in [1.165, 1.54) is 0 Å². The molecule has 1 amide bonds. The number of halogens is 1. The standard InChI is InChI=1S/C15H18ClN3O/c1-9(2)6-12-8-14(19-18-12)15(20)17-13-7-11(16)5-4-10(13)3/h4-5,7-9H,6H2,1-3H3,(H,17,20)(H,18,19). The predicted octanol–water partition coefficient (Wildman–Crippen LogP) is 3.82. The van der Waals surface area contributed by atoms with Crippen LogP contribution in [0.1, 0.15) is 35.6 Å². The summed E-state index contributed by atoms with van der Waals surface area (Å²) in [6.07, 6.45) is 0.872. The van der Waals surface area contributed by atoms with E-state index in [1.807, 2.05) is 13.0 Å². The highest BCUT2D eigenvalue weighted by molar-refractivity contribution is 6.31. The number of aryl methyl sites for hydroxylation is 1. The van der Waals surface area contributed by atoms with Gasteiger partial charge in [0.1, 0.15) is 0 Å². The van der Waals surface area contributed by atoms with Crippen molar-refractivity contribution < 1.29 is 4.79 Å². The number of hydrogen-bond acceptors (Lipinski definition) is 2. The van der Waals surface area contributed by atoms with Gasteiger partial charge in [-0.05, 0) is 43.0 Å². The number of amides is 1. The normalized spacial score (nSPS) is 10.8. The van der Waals surface area contributed by atoms with Gasteiger partial charge in [0.25, 0.3) is 5.91 Å². The molecule has 4 nitrogen and oxygen atoms in total. The molecule has 1 aromatic carbocycles. The van der Waals surface area contributed by atoms with Crippen LogP contribution in [0, 0.1) is 12.8 Å². The van der Waals surface area contributed by atoms with E-state index in [2.05, 4.69) is 29.4 Å². The summed E-state index contributed by atoms with van der Waals surface area (Å²) in [6.45, 7) is 6.16. The van der Waals surface area contributed by atoms with Gasteiger partial charge in [0.05, 0.1) is 0 Å². The number of nitrogens with zero attached hydrogens (tertiary/aromatic N) is 1. The van der Waals surface area contributed by atoms with E-state index in [0.29, 0.717) is 22.3 Å². The zero-order valence-electron chi connectivity index (χ0n) is 11.8. The van der Waals surface area contributed by atoms with Gasteiger partial charge in [-0.25, -0.2) is 0 Å². The van der Waals surface area contributed by atoms with Crippen LogP contribution in [0.4, 0.5) is 5.69 Å². The van der Waals surface area contributed by atoms with Gasteiger partial charge in [0.15, 0.2) is 5.69 Å². The number of anilines is 1. The topological polar surface area (TPSA) is 57.8 Å².